The summed E-state index contributed by atoms with van der Waals surface area (Å²) in [6.07, 6.45) is 1.77. The van der Waals surface area contributed by atoms with Gasteiger partial charge in [0.1, 0.15) is 5.75 Å². The highest BCUT2D eigenvalue weighted by molar-refractivity contribution is 8.16. The Bertz CT molecular complexity index is 867. The monoisotopic (exact) mass is 400 g/mol. The van der Waals surface area contributed by atoms with Gasteiger partial charge in [-0.25, -0.2) is 8.42 Å². The molecule has 2 saturated heterocycles. The van der Waals surface area contributed by atoms with Crippen molar-refractivity contribution in [1.82, 2.24) is 0 Å². The lowest BCUT2D eigenvalue weighted by Gasteiger charge is -2.25. The molecule has 3 aliphatic rings. The van der Waals surface area contributed by atoms with Crippen LogP contribution in [0.1, 0.15) is 12.8 Å². The molecule has 6 nitrogen and oxygen atoms in total. The lowest BCUT2D eigenvalue weighted by molar-refractivity contribution is -0.118. The van der Waals surface area contributed by atoms with Crippen LogP contribution in [0.25, 0.3) is 0 Å². The molecule has 0 unspecified atom stereocenters. The maximum absolute atomic E-state index is 12.2. The first-order valence-electron chi connectivity index (χ1n) is 8.00. The van der Waals surface area contributed by atoms with Gasteiger partial charge in [0, 0.05) is 16.9 Å². The minimum absolute atomic E-state index is 0.0265. The van der Waals surface area contributed by atoms with Gasteiger partial charge in [0.25, 0.3) is 5.91 Å². The number of sulfone groups is 1. The molecule has 9 heteroatoms. The number of nitrogens with zero attached hydrogens (tertiary/aromatic N) is 2. The number of thioether (sulfide) groups is 1. The number of hydrogen-bond donors (Lipinski definition) is 0. The summed E-state index contributed by atoms with van der Waals surface area (Å²) in [5, 5.41) is 0.891. The first kappa shape index (κ1) is 17.2. The third kappa shape index (κ3) is 3.27. The second-order valence-electron chi connectivity index (χ2n) is 6.50. The third-order valence-corrected chi connectivity index (χ3v) is 8.12. The fraction of sp³-hybridized carbons (Fsp3) is 0.500. The number of carbonyl (C=O) groups excluding carboxylic acids is 1. The number of halogens is 1. The number of amides is 1. The topological polar surface area (TPSA) is 76.0 Å². The molecule has 1 amide bonds. The Morgan fingerprint density at radius 2 is 2.12 bits per heavy atom. The van der Waals surface area contributed by atoms with Crippen molar-refractivity contribution in [1.29, 1.82) is 0 Å². The predicted octanol–water partition coefficient (Wildman–Crippen LogP) is 2.36. The van der Waals surface area contributed by atoms with Crippen LogP contribution in [0, 0.1) is 5.92 Å². The van der Waals surface area contributed by atoms with E-state index in [0.717, 1.165) is 18.5 Å². The molecule has 2 atom stereocenters. The molecule has 0 spiro atoms. The van der Waals surface area contributed by atoms with Crippen LogP contribution in [0.3, 0.4) is 0 Å². The summed E-state index contributed by atoms with van der Waals surface area (Å²) in [5.41, 5.74) is 0.727. The second kappa shape index (κ2) is 6.17. The largest absolute Gasteiger partial charge is 0.495 e. The molecular weight excluding hydrogens is 384 g/mol. The maximum Gasteiger partial charge on any atom is 0.251 e. The van der Waals surface area contributed by atoms with Crippen LogP contribution in [-0.4, -0.2) is 49.4 Å². The van der Waals surface area contributed by atoms with Crippen molar-refractivity contribution in [2.45, 2.75) is 24.1 Å². The van der Waals surface area contributed by atoms with Crippen LogP contribution >= 0.6 is 23.4 Å². The van der Waals surface area contributed by atoms with Gasteiger partial charge in [-0.2, -0.15) is 4.99 Å². The van der Waals surface area contributed by atoms with E-state index in [1.165, 1.54) is 18.9 Å². The van der Waals surface area contributed by atoms with E-state index in [9.17, 15) is 13.2 Å². The Morgan fingerprint density at radius 3 is 2.76 bits per heavy atom. The van der Waals surface area contributed by atoms with E-state index < -0.39 is 9.84 Å². The van der Waals surface area contributed by atoms with Crippen molar-refractivity contribution in [2.75, 3.05) is 23.5 Å². The summed E-state index contributed by atoms with van der Waals surface area (Å²) in [6.45, 7) is 0. The summed E-state index contributed by atoms with van der Waals surface area (Å²) in [4.78, 5) is 18.3. The number of anilines is 1. The number of carbonyl (C=O) groups is 1. The van der Waals surface area contributed by atoms with Crippen LogP contribution in [-0.2, 0) is 14.6 Å². The Balaban J connectivity index is 1.73. The molecular formula is C16H17ClN2O4S2. The van der Waals surface area contributed by atoms with E-state index in [4.69, 9.17) is 16.3 Å². The van der Waals surface area contributed by atoms with Gasteiger partial charge in [0.05, 0.1) is 29.7 Å². The standard InChI is InChI=1S/C16H17ClN2O4S2/c1-23-13-5-4-10(6-11(13)17)19-12-7-25(21,22)8-14(12)24-16(19)18-15(20)9-2-3-9/h4-6,9,12,14H,2-3,7-8H2,1H3/t12-,14-/m0/s1. The minimum Gasteiger partial charge on any atom is -0.495 e. The molecule has 1 saturated carbocycles. The summed E-state index contributed by atoms with van der Waals surface area (Å²) in [7, 11) is -1.55. The van der Waals surface area contributed by atoms with Crippen molar-refractivity contribution >= 4 is 50.0 Å². The first-order valence-corrected chi connectivity index (χ1v) is 11.1. The van der Waals surface area contributed by atoms with Crippen molar-refractivity contribution in [3.63, 3.8) is 0 Å². The molecule has 0 radical (unpaired) electrons. The predicted molar refractivity (Wildman–Crippen MR) is 99.5 cm³/mol. The molecule has 25 heavy (non-hydrogen) atoms. The zero-order chi connectivity index (χ0) is 17.8. The Hall–Kier alpha value is -1.25. The molecule has 1 aromatic carbocycles. The lowest BCUT2D eigenvalue weighted by atomic mass is 10.2. The number of amidine groups is 1. The number of rotatable bonds is 3. The van der Waals surface area contributed by atoms with Crippen LogP contribution in [0.4, 0.5) is 5.69 Å². The van der Waals surface area contributed by atoms with Crippen LogP contribution in [0.2, 0.25) is 5.02 Å². The number of hydrogen-bond acceptors (Lipinski definition) is 5. The molecule has 0 N–H and O–H groups in total. The van der Waals surface area contributed by atoms with E-state index >= 15 is 0 Å². The molecule has 2 heterocycles. The average molecular weight is 401 g/mol. The van der Waals surface area contributed by atoms with Gasteiger partial charge in [-0.1, -0.05) is 23.4 Å². The molecule has 3 fully saturated rings. The van der Waals surface area contributed by atoms with Gasteiger partial charge in [0.2, 0.25) is 0 Å². The normalized spacial score (nSPS) is 29.0. The highest BCUT2D eigenvalue weighted by Crippen LogP contribution is 2.43. The van der Waals surface area contributed by atoms with Gasteiger partial charge in [-0.3, -0.25) is 4.79 Å². The summed E-state index contributed by atoms with van der Waals surface area (Å²) in [5.74, 6) is 0.624. The average Bonchev–Trinajstić information content (AvgIpc) is 3.28. The molecule has 1 aromatic rings. The van der Waals surface area contributed by atoms with Crippen molar-refractivity contribution in [2.24, 2.45) is 10.9 Å². The molecule has 0 aromatic heterocycles. The molecule has 134 valence electrons. The zero-order valence-electron chi connectivity index (χ0n) is 13.5. The summed E-state index contributed by atoms with van der Waals surface area (Å²) < 4.78 is 29.3. The Kier molecular flexibility index (Phi) is 4.24. The quantitative estimate of drug-likeness (QED) is 0.775. The molecule has 0 bridgehead atoms. The van der Waals surface area contributed by atoms with Gasteiger partial charge in [-0.05, 0) is 31.0 Å². The second-order valence-corrected chi connectivity index (χ2v) is 10.3. The van der Waals surface area contributed by atoms with Crippen LogP contribution in [0.5, 0.6) is 5.75 Å². The molecule has 1 aliphatic carbocycles. The van der Waals surface area contributed by atoms with Crippen LogP contribution < -0.4 is 9.64 Å². The third-order valence-electron chi connectivity index (χ3n) is 4.61. The van der Waals surface area contributed by atoms with Crippen molar-refractivity contribution in [3.05, 3.63) is 23.2 Å². The van der Waals surface area contributed by atoms with Gasteiger partial charge >= 0.3 is 0 Å². The fourth-order valence-electron chi connectivity index (χ4n) is 3.19. The van der Waals surface area contributed by atoms with E-state index in [1.807, 2.05) is 11.0 Å². The minimum atomic E-state index is -3.09. The maximum atomic E-state index is 12.2. The number of benzene rings is 1. The van der Waals surface area contributed by atoms with E-state index in [1.54, 1.807) is 12.1 Å². The lowest BCUT2D eigenvalue weighted by Crippen LogP contribution is -2.37. The molecule has 4 rings (SSSR count). The SMILES string of the molecule is COc1ccc(N2C(=NC(=O)C3CC3)S[C@H]3CS(=O)(=O)C[C@@H]32)cc1Cl. The van der Waals surface area contributed by atoms with E-state index in [0.29, 0.717) is 15.9 Å². The zero-order valence-corrected chi connectivity index (χ0v) is 15.9. The van der Waals surface area contributed by atoms with Crippen molar-refractivity contribution in [3.8, 4) is 5.75 Å². The first-order chi connectivity index (χ1) is 11.9. The van der Waals surface area contributed by atoms with E-state index in [2.05, 4.69) is 4.99 Å². The number of aliphatic imine (C=N–C) groups is 1. The van der Waals surface area contributed by atoms with Crippen molar-refractivity contribution < 1.29 is 17.9 Å². The summed E-state index contributed by atoms with van der Waals surface area (Å²) in [6, 6.07) is 5.05. The van der Waals surface area contributed by atoms with E-state index in [-0.39, 0.29) is 34.6 Å². The summed E-state index contributed by atoms with van der Waals surface area (Å²) >= 11 is 7.61. The number of ether oxygens (including phenoxy) is 1. The number of fused-ring (bicyclic) bond motifs is 1. The van der Waals surface area contributed by atoms with Gasteiger partial charge in [-0.15, -0.1) is 0 Å². The fourth-order valence-corrected chi connectivity index (χ4v) is 7.36. The smallest absolute Gasteiger partial charge is 0.251 e. The van der Waals surface area contributed by atoms with Gasteiger partial charge < -0.3 is 9.64 Å². The highest BCUT2D eigenvalue weighted by Gasteiger charge is 2.49. The number of methoxy groups -OCH3 is 1. The Labute approximate surface area is 155 Å². The molecule has 2 aliphatic heterocycles. The Morgan fingerprint density at radius 1 is 1.36 bits per heavy atom. The highest BCUT2D eigenvalue weighted by atomic mass is 35.5. The van der Waals surface area contributed by atoms with Crippen LogP contribution in [0.15, 0.2) is 23.2 Å². The van der Waals surface area contributed by atoms with Gasteiger partial charge in [0.15, 0.2) is 15.0 Å².